The average molecular weight is 271 g/mol. The van der Waals surface area contributed by atoms with Crippen LogP contribution in [0.1, 0.15) is 22.9 Å². The van der Waals surface area contributed by atoms with Crippen LogP contribution in [-0.4, -0.2) is 5.91 Å². The van der Waals surface area contributed by atoms with Crippen LogP contribution < -0.4 is 5.32 Å². The summed E-state index contributed by atoms with van der Waals surface area (Å²) in [7, 11) is 0. The molecule has 0 radical (unpaired) electrons. The van der Waals surface area contributed by atoms with Gasteiger partial charge in [0.15, 0.2) is 0 Å². The molecule has 0 aliphatic rings. The highest BCUT2D eigenvalue weighted by molar-refractivity contribution is 7.10. The molecule has 0 atom stereocenters. The van der Waals surface area contributed by atoms with Crippen LogP contribution in [0, 0.1) is 6.92 Å². The van der Waals surface area contributed by atoms with E-state index in [0.717, 1.165) is 16.0 Å². The highest BCUT2D eigenvalue weighted by Gasteiger charge is 2.05. The van der Waals surface area contributed by atoms with Crippen LogP contribution in [0.3, 0.4) is 0 Å². The fraction of sp³-hybridized carbons (Fsp3) is 0.188. The predicted molar refractivity (Wildman–Crippen MR) is 81.0 cm³/mol. The van der Waals surface area contributed by atoms with Gasteiger partial charge in [0.1, 0.15) is 0 Å². The van der Waals surface area contributed by atoms with E-state index < -0.39 is 0 Å². The molecule has 0 unspecified atom stereocenters. The molecule has 0 bridgehead atoms. The number of carbonyl (C=O) groups is 1. The van der Waals surface area contributed by atoms with E-state index in [1.54, 1.807) is 11.3 Å². The van der Waals surface area contributed by atoms with Gasteiger partial charge in [-0.25, -0.2) is 0 Å². The number of aryl methyl sites for hydroxylation is 1. The SMILES string of the molecule is C/C(=C\c1cccs1)C(=O)NCc1ccccc1C. The Labute approximate surface area is 117 Å². The Kier molecular flexibility index (Phi) is 4.53. The molecule has 0 saturated carbocycles. The average Bonchev–Trinajstić information content (AvgIpc) is 2.90. The van der Waals surface area contributed by atoms with Crippen molar-refractivity contribution in [1.29, 1.82) is 0 Å². The topological polar surface area (TPSA) is 29.1 Å². The van der Waals surface area contributed by atoms with E-state index in [0.29, 0.717) is 6.54 Å². The maximum absolute atomic E-state index is 12.0. The van der Waals surface area contributed by atoms with E-state index in [2.05, 4.69) is 18.3 Å². The van der Waals surface area contributed by atoms with Crippen molar-refractivity contribution < 1.29 is 4.79 Å². The van der Waals surface area contributed by atoms with E-state index in [9.17, 15) is 4.79 Å². The summed E-state index contributed by atoms with van der Waals surface area (Å²) < 4.78 is 0. The lowest BCUT2D eigenvalue weighted by molar-refractivity contribution is -0.117. The Hall–Kier alpha value is -1.87. The monoisotopic (exact) mass is 271 g/mol. The number of nitrogens with one attached hydrogen (secondary N) is 1. The lowest BCUT2D eigenvalue weighted by atomic mass is 10.1. The maximum atomic E-state index is 12.0. The Morgan fingerprint density at radius 3 is 2.74 bits per heavy atom. The smallest absolute Gasteiger partial charge is 0.247 e. The van der Waals surface area contributed by atoms with E-state index in [-0.39, 0.29) is 5.91 Å². The molecule has 1 heterocycles. The second-order valence-electron chi connectivity index (χ2n) is 4.45. The van der Waals surface area contributed by atoms with Gasteiger partial charge < -0.3 is 5.32 Å². The van der Waals surface area contributed by atoms with Crippen molar-refractivity contribution in [2.75, 3.05) is 0 Å². The Morgan fingerprint density at radius 1 is 1.26 bits per heavy atom. The van der Waals surface area contributed by atoms with E-state index >= 15 is 0 Å². The number of hydrogen-bond acceptors (Lipinski definition) is 2. The molecule has 2 aromatic rings. The molecular formula is C16H17NOS. The van der Waals surface area contributed by atoms with Gasteiger partial charge in [-0.1, -0.05) is 30.3 Å². The third-order valence-corrected chi connectivity index (χ3v) is 3.78. The number of thiophene rings is 1. The third kappa shape index (κ3) is 3.80. The minimum atomic E-state index is -0.0170. The van der Waals surface area contributed by atoms with Gasteiger partial charge in [0.2, 0.25) is 5.91 Å². The van der Waals surface area contributed by atoms with Crippen LogP contribution in [0.2, 0.25) is 0 Å². The van der Waals surface area contributed by atoms with E-state index in [1.807, 2.05) is 48.7 Å². The maximum Gasteiger partial charge on any atom is 0.247 e. The van der Waals surface area contributed by atoms with Crippen molar-refractivity contribution in [1.82, 2.24) is 5.32 Å². The normalized spacial score (nSPS) is 11.4. The molecule has 0 aliphatic carbocycles. The molecular weight excluding hydrogens is 254 g/mol. The van der Waals surface area contributed by atoms with Crippen molar-refractivity contribution in [2.24, 2.45) is 0 Å². The first-order valence-electron chi connectivity index (χ1n) is 6.21. The summed E-state index contributed by atoms with van der Waals surface area (Å²) in [6, 6.07) is 12.1. The van der Waals surface area contributed by atoms with Crippen molar-refractivity contribution in [3.05, 3.63) is 63.4 Å². The highest BCUT2D eigenvalue weighted by atomic mass is 32.1. The Bertz CT molecular complexity index is 585. The molecule has 2 rings (SSSR count). The second-order valence-corrected chi connectivity index (χ2v) is 5.43. The van der Waals surface area contributed by atoms with Crippen molar-refractivity contribution in [2.45, 2.75) is 20.4 Å². The number of amides is 1. The second kappa shape index (κ2) is 6.34. The van der Waals surface area contributed by atoms with Gasteiger partial charge in [0, 0.05) is 17.0 Å². The molecule has 0 aliphatic heterocycles. The van der Waals surface area contributed by atoms with E-state index in [1.165, 1.54) is 5.56 Å². The Morgan fingerprint density at radius 2 is 2.05 bits per heavy atom. The number of hydrogen-bond donors (Lipinski definition) is 1. The van der Waals surface area contributed by atoms with Gasteiger partial charge in [-0.2, -0.15) is 0 Å². The van der Waals surface area contributed by atoms with Gasteiger partial charge in [0.05, 0.1) is 0 Å². The molecule has 1 aromatic heterocycles. The highest BCUT2D eigenvalue weighted by Crippen LogP contribution is 2.13. The molecule has 1 amide bonds. The molecule has 19 heavy (non-hydrogen) atoms. The van der Waals surface area contributed by atoms with Gasteiger partial charge in [-0.15, -0.1) is 11.3 Å². The molecule has 0 fully saturated rings. The molecule has 2 nitrogen and oxygen atoms in total. The fourth-order valence-corrected chi connectivity index (χ4v) is 2.49. The number of rotatable bonds is 4. The Balaban J connectivity index is 1.97. The van der Waals surface area contributed by atoms with Gasteiger partial charge in [-0.3, -0.25) is 4.79 Å². The summed E-state index contributed by atoms with van der Waals surface area (Å²) in [5.74, 6) is -0.0170. The van der Waals surface area contributed by atoms with Crippen LogP contribution in [0.4, 0.5) is 0 Å². The molecule has 0 spiro atoms. The molecule has 1 aromatic carbocycles. The molecule has 1 N–H and O–H groups in total. The summed E-state index contributed by atoms with van der Waals surface area (Å²) in [6.45, 7) is 4.46. The van der Waals surface area contributed by atoms with Crippen LogP contribution in [-0.2, 0) is 11.3 Å². The van der Waals surface area contributed by atoms with Gasteiger partial charge in [-0.05, 0) is 42.5 Å². The third-order valence-electron chi connectivity index (χ3n) is 2.96. The number of carbonyl (C=O) groups excluding carboxylic acids is 1. The lowest BCUT2D eigenvalue weighted by Gasteiger charge is -2.07. The zero-order valence-corrected chi connectivity index (χ0v) is 12.0. The van der Waals surface area contributed by atoms with Gasteiger partial charge in [0.25, 0.3) is 0 Å². The van der Waals surface area contributed by atoms with Crippen LogP contribution in [0.5, 0.6) is 0 Å². The zero-order chi connectivity index (χ0) is 13.7. The standard InChI is InChI=1S/C16H17NOS/c1-12-6-3-4-7-14(12)11-17-16(18)13(2)10-15-8-5-9-19-15/h3-10H,11H2,1-2H3,(H,17,18)/b13-10+. The minimum Gasteiger partial charge on any atom is -0.348 e. The van der Waals surface area contributed by atoms with Crippen LogP contribution in [0.15, 0.2) is 47.4 Å². The fourth-order valence-electron chi connectivity index (χ4n) is 1.78. The first-order chi connectivity index (χ1) is 9.16. The van der Waals surface area contributed by atoms with Crippen molar-refractivity contribution in [3.63, 3.8) is 0 Å². The largest absolute Gasteiger partial charge is 0.348 e. The van der Waals surface area contributed by atoms with E-state index in [4.69, 9.17) is 0 Å². The first-order valence-corrected chi connectivity index (χ1v) is 7.09. The molecule has 98 valence electrons. The summed E-state index contributed by atoms with van der Waals surface area (Å²) in [4.78, 5) is 13.1. The molecule has 3 heteroatoms. The van der Waals surface area contributed by atoms with Crippen molar-refractivity contribution in [3.8, 4) is 0 Å². The van der Waals surface area contributed by atoms with Crippen molar-refractivity contribution >= 4 is 23.3 Å². The number of benzene rings is 1. The quantitative estimate of drug-likeness (QED) is 0.842. The first kappa shape index (κ1) is 13.6. The minimum absolute atomic E-state index is 0.0170. The van der Waals surface area contributed by atoms with Gasteiger partial charge >= 0.3 is 0 Å². The summed E-state index contributed by atoms with van der Waals surface area (Å²) in [6.07, 6.45) is 1.91. The lowest BCUT2D eigenvalue weighted by Crippen LogP contribution is -2.23. The molecule has 0 saturated heterocycles. The van der Waals surface area contributed by atoms with Crippen LogP contribution >= 0.6 is 11.3 Å². The summed E-state index contributed by atoms with van der Waals surface area (Å²) >= 11 is 1.63. The predicted octanol–water partition coefficient (Wildman–Crippen LogP) is 3.78. The van der Waals surface area contributed by atoms with Crippen LogP contribution in [0.25, 0.3) is 6.08 Å². The summed E-state index contributed by atoms with van der Waals surface area (Å²) in [5.41, 5.74) is 3.08. The zero-order valence-electron chi connectivity index (χ0n) is 11.1. The summed E-state index contributed by atoms with van der Waals surface area (Å²) in [5, 5.41) is 4.95.